The first-order valence-electron chi connectivity index (χ1n) is 9.71. The Kier molecular flexibility index (Phi) is 5.05. The van der Waals surface area contributed by atoms with Gasteiger partial charge in [0.25, 0.3) is 0 Å². The smallest absolute Gasteiger partial charge is 0.143 e. The van der Waals surface area contributed by atoms with Crippen LogP contribution in [-0.4, -0.2) is 32.5 Å². The van der Waals surface area contributed by atoms with Gasteiger partial charge in [0.15, 0.2) is 0 Å². The first-order chi connectivity index (χ1) is 12.8. The van der Waals surface area contributed by atoms with E-state index < -0.39 is 0 Å². The van der Waals surface area contributed by atoms with Gasteiger partial charge in [0.05, 0.1) is 0 Å². The largest absolute Gasteiger partial charge is 0.372 e. The molecule has 4 rings (SSSR count). The first-order valence-corrected chi connectivity index (χ1v) is 9.71. The molecule has 0 saturated carbocycles. The Morgan fingerprint density at radius 1 is 0.654 bits per heavy atom. The van der Waals surface area contributed by atoms with Crippen LogP contribution in [0, 0.1) is 0 Å². The molecule has 0 aliphatic carbocycles. The standard InChI is InChI=1S/C23H26N2O/c26-18-13-23(19-5-9-21(10-6-19)24-14-1-2-15-24)20-7-11-22(12-8-20)25-16-3-4-17-25/h5-13,18H,1-4,14-17H2. The molecule has 2 aromatic carbocycles. The molecular weight excluding hydrogens is 320 g/mol. The zero-order valence-corrected chi connectivity index (χ0v) is 15.2. The number of aldehydes is 1. The van der Waals surface area contributed by atoms with E-state index in [1.807, 2.05) is 0 Å². The topological polar surface area (TPSA) is 23.6 Å². The van der Waals surface area contributed by atoms with Crippen LogP contribution in [0.15, 0.2) is 54.6 Å². The van der Waals surface area contributed by atoms with Crippen LogP contribution in [-0.2, 0) is 4.79 Å². The van der Waals surface area contributed by atoms with Crippen molar-refractivity contribution >= 4 is 23.2 Å². The molecule has 2 aliphatic heterocycles. The van der Waals surface area contributed by atoms with Gasteiger partial charge in [0.1, 0.15) is 6.29 Å². The molecule has 0 aromatic heterocycles. The molecular formula is C23H26N2O. The van der Waals surface area contributed by atoms with E-state index in [2.05, 4.69) is 58.3 Å². The molecule has 0 amide bonds. The molecule has 2 saturated heterocycles. The molecule has 0 bridgehead atoms. The van der Waals surface area contributed by atoms with E-state index in [1.54, 1.807) is 6.08 Å². The van der Waals surface area contributed by atoms with Crippen LogP contribution in [0.5, 0.6) is 0 Å². The third-order valence-corrected chi connectivity index (χ3v) is 5.53. The van der Waals surface area contributed by atoms with E-state index >= 15 is 0 Å². The lowest BCUT2D eigenvalue weighted by Gasteiger charge is -2.19. The molecule has 0 N–H and O–H groups in total. The van der Waals surface area contributed by atoms with Gasteiger partial charge in [0, 0.05) is 37.6 Å². The van der Waals surface area contributed by atoms with Crippen molar-refractivity contribution in [3.8, 4) is 0 Å². The van der Waals surface area contributed by atoms with Crippen molar-refractivity contribution in [3.05, 3.63) is 65.7 Å². The summed E-state index contributed by atoms with van der Waals surface area (Å²) in [5.41, 5.74) is 5.73. The Labute approximate surface area is 155 Å². The molecule has 26 heavy (non-hydrogen) atoms. The lowest BCUT2D eigenvalue weighted by Crippen LogP contribution is -2.17. The van der Waals surface area contributed by atoms with Crippen LogP contribution >= 0.6 is 0 Å². The fraction of sp³-hybridized carbons (Fsp3) is 0.348. The van der Waals surface area contributed by atoms with Crippen LogP contribution in [0.3, 0.4) is 0 Å². The average molecular weight is 346 g/mol. The monoisotopic (exact) mass is 346 g/mol. The number of carbonyl (C=O) groups is 1. The van der Waals surface area contributed by atoms with Crippen LogP contribution in [0.2, 0.25) is 0 Å². The molecule has 3 nitrogen and oxygen atoms in total. The number of allylic oxidation sites excluding steroid dienone is 1. The van der Waals surface area contributed by atoms with Crippen molar-refractivity contribution in [1.29, 1.82) is 0 Å². The van der Waals surface area contributed by atoms with Gasteiger partial charge in [0.2, 0.25) is 0 Å². The molecule has 0 unspecified atom stereocenters. The van der Waals surface area contributed by atoms with Crippen molar-refractivity contribution in [3.63, 3.8) is 0 Å². The third kappa shape index (κ3) is 3.52. The number of hydrogen-bond donors (Lipinski definition) is 0. The molecule has 2 aliphatic rings. The maximum absolute atomic E-state index is 11.2. The fourth-order valence-electron chi connectivity index (χ4n) is 4.08. The quantitative estimate of drug-likeness (QED) is 0.587. The highest BCUT2D eigenvalue weighted by Gasteiger charge is 2.14. The molecule has 3 heteroatoms. The average Bonchev–Trinajstić information content (AvgIpc) is 3.40. The van der Waals surface area contributed by atoms with E-state index in [1.165, 1.54) is 37.1 Å². The minimum Gasteiger partial charge on any atom is -0.372 e. The summed E-state index contributed by atoms with van der Waals surface area (Å²) in [7, 11) is 0. The summed E-state index contributed by atoms with van der Waals surface area (Å²) in [5, 5.41) is 0. The predicted octanol–water partition coefficient (Wildman–Crippen LogP) is 4.52. The number of carbonyl (C=O) groups excluding carboxylic acids is 1. The van der Waals surface area contributed by atoms with Gasteiger partial charge in [-0.15, -0.1) is 0 Å². The minimum absolute atomic E-state index is 0.887. The number of benzene rings is 2. The van der Waals surface area contributed by atoms with Crippen molar-refractivity contribution < 1.29 is 4.79 Å². The van der Waals surface area contributed by atoms with Gasteiger partial charge in [-0.05, 0) is 72.7 Å². The molecule has 2 aromatic rings. The summed E-state index contributed by atoms with van der Waals surface area (Å²) in [4.78, 5) is 16.1. The van der Waals surface area contributed by atoms with E-state index in [9.17, 15) is 4.79 Å². The van der Waals surface area contributed by atoms with Crippen molar-refractivity contribution in [2.24, 2.45) is 0 Å². The Morgan fingerprint density at radius 3 is 1.38 bits per heavy atom. The van der Waals surface area contributed by atoms with Gasteiger partial charge in [-0.3, -0.25) is 4.79 Å². The van der Waals surface area contributed by atoms with Gasteiger partial charge in [-0.25, -0.2) is 0 Å². The Hall–Kier alpha value is -2.55. The Balaban J connectivity index is 1.57. The van der Waals surface area contributed by atoms with E-state index in [0.29, 0.717) is 0 Å². The third-order valence-electron chi connectivity index (χ3n) is 5.53. The zero-order chi connectivity index (χ0) is 17.8. The number of anilines is 2. The fourth-order valence-corrected chi connectivity index (χ4v) is 4.08. The number of hydrogen-bond acceptors (Lipinski definition) is 3. The molecule has 0 spiro atoms. The summed E-state index contributed by atoms with van der Waals surface area (Å²) < 4.78 is 0. The summed E-state index contributed by atoms with van der Waals surface area (Å²) in [6.07, 6.45) is 7.68. The lowest BCUT2D eigenvalue weighted by atomic mass is 9.97. The van der Waals surface area contributed by atoms with Crippen molar-refractivity contribution in [2.45, 2.75) is 25.7 Å². The highest BCUT2D eigenvalue weighted by Crippen LogP contribution is 2.29. The van der Waals surface area contributed by atoms with E-state index in [0.717, 1.165) is 49.2 Å². The number of nitrogens with zero attached hydrogens (tertiary/aromatic N) is 2. The maximum Gasteiger partial charge on any atom is 0.143 e. The van der Waals surface area contributed by atoms with E-state index in [4.69, 9.17) is 0 Å². The van der Waals surface area contributed by atoms with Gasteiger partial charge in [-0.1, -0.05) is 24.3 Å². The minimum atomic E-state index is 0.887. The van der Waals surface area contributed by atoms with Crippen LogP contribution in [0.1, 0.15) is 36.8 Å². The maximum atomic E-state index is 11.2. The van der Waals surface area contributed by atoms with Gasteiger partial charge in [-0.2, -0.15) is 0 Å². The van der Waals surface area contributed by atoms with Crippen LogP contribution < -0.4 is 9.80 Å². The van der Waals surface area contributed by atoms with Crippen molar-refractivity contribution in [2.75, 3.05) is 36.0 Å². The van der Waals surface area contributed by atoms with Crippen LogP contribution in [0.4, 0.5) is 11.4 Å². The second-order valence-electron chi connectivity index (χ2n) is 7.20. The second-order valence-corrected chi connectivity index (χ2v) is 7.20. The SMILES string of the molecule is O=CC=C(c1ccc(N2CCCC2)cc1)c1ccc(N2CCCC2)cc1. The molecule has 134 valence electrons. The van der Waals surface area contributed by atoms with E-state index in [-0.39, 0.29) is 0 Å². The highest BCUT2D eigenvalue weighted by atomic mass is 16.1. The molecule has 2 fully saturated rings. The molecule has 2 heterocycles. The number of rotatable bonds is 5. The summed E-state index contributed by atoms with van der Waals surface area (Å²) in [6.45, 7) is 4.59. The van der Waals surface area contributed by atoms with Gasteiger partial charge >= 0.3 is 0 Å². The first kappa shape index (κ1) is 16.9. The summed E-state index contributed by atoms with van der Waals surface area (Å²) in [6, 6.07) is 17.3. The predicted molar refractivity (Wildman–Crippen MR) is 109 cm³/mol. The molecule has 0 radical (unpaired) electrons. The van der Waals surface area contributed by atoms with Crippen LogP contribution in [0.25, 0.3) is 5.57 Å². The lowest BCUT2D eigenvalue weighted by molar-refractivity contribution is -0.104. The Bertz CT molecular complexity index is 703. The normalized spacial score (nSPS) is 16.8. The highest BCUT2D eigenvalue weighted by molar-refractivity contribution is 5.90. The molecule has 0 atom stereocenters. The summed E-state index contributed by atoms with van der Waals surface area (Å²) >= 11 is 0. The summed E-state index contributed by atoms with van der Waals surface area (Å²) in [5.74, 6) is 0. The zero-order valence-electron chi connectivity index (χ0n) is 15.2. The van der Waals surface area contributed by atoms with Gasteiger partial charge < -0.3 is 9.80 Å². The Morgan fingerprint density at radius 2 is 1.04 bits per heavy atom. The van der Waals surface area contributed by atoms with Crippen molar-refractivity contribution in [1.82, 2.24) is 0 Å². The second kappa shape index (κ2) is 7.77.